The van der Waals surface area contributed by atoms with Gasteiger partial charge in [0.2, 0.25) is 5.82 Å². The summed E-state index contributed by atoms with van der Waals surface area (Å²) in [6.45, 7) is -0.210. The Morgan fingerprint density at radius 1 is 1.07 bits per heavy atom. The molecule has 3 aromatic rings. The Morgan fingerprint density at radius 3 is 2.47 bits per heavy atom. The van der Waals surface area contributed by atoms with Crippen molar-refractivity contribution in [3.8, 4) is 28.6 Å². The zero-order valence-electron chi connectivity index (χ0n) is 16.3. The summed E-state index contributed by atoms with van der Waals surface area (Å²) < 4.78 is 25.6. The molecule has 1 aromatic heterocycles. The summed E-state index contributed by atoms with van der Waals surface area (Å²) in [7, 11) is 4.22. The van der Waals surface area contributed by atoms with Crippen LogP contribution in [0, 0.1) is 10.1 Å². The zero-order chi connectivity index (χ0) is 21.7. The summed E-state index contributed by atoms with van der Waals surface area (Å²) in [5, 5.41) is 15.2. The normalized spacial score (nSPS) is 10.4. The number of esters is 1. The minimum Gasteiger partial charge on any atom is -0.493 e. The lowest BCUT2D eigenvalue weighted by Crippen LogP contribution is -2.04. The molecule has 0 radical (unpaired) electrons. The number of carbonyl (C=O) groups is 1. The fourth-order valence-corrected chi connectivity index (χ4v) is 2.57. The molecule has 0 saturated heterocycles. The Bertz CT molecular complexity index is 1080. The van der Waals surface area contributed by atoms with Gasteiger partial charge in [0.1, 0.15) is 0 Å². The van der Waals surface area contributed by atoms with Crippen molar-refractivity contribution in [2.24, 2.45) is 0 Å². The van der Waals surface area contributed by atoms with Crippen molar-refractivity contribution in [3.63, 3.8) is 0 Å². The minimum atomic E-state index is -0.693. The van der Waals surface area contributed by atoms with Crippen LogP contribution in [-0.2, 0) is 11.3 Å². The Balaban J connectivity index is 1.77. The van der Waals surface area contributed by atoms with Gasteiger partial charge < -0.3 is 23.5 Å². The van der Waals surface area contributed by atoms with Crippen LogP contribution >= 0.6 is 0 Å². The van der Waals surface area contributed by atoms with E-state index >= 15 is 0 Å². The van der Waals surface area contributed by atoms with Crippen LogP contribution in [0.15, 0.2) is 40.9 Å². The molecule has 0 unspecified atom stereocenters. The van der Waals surface area contributed by atoms with Crippen molar-refractivity contribution < 1.29 is 33.2 Å². The Labute approximate surface area is 170 Å². The van der Waals surface area contributed by atoms with Crippen molar-refractivity contribution in [3.05, 3.63) is 58.0 Å². The SMILES string of the molecule is COC(=O)c1ccc(OCc2nc(-c3ccc(OC)c(OC)c3)no2)c([N+](=O)[O-])c1. The molecule has 0 bridgehead atoms. The van der Waals surface area contributed by atoms with E-state index in [1.807, 2.05) is 0 Å². The second-order valence-electron chi connectivity index (χ2n) is 5.80. The third-order valence-corrected chi connectivity index (χ3v) is 4.04. The lowest BCUT2D eigenvalue weighted by Gasteiger charge is -2.07. The molecule has 156 valence electrons. The van der Waals surface area contributed by atoms with Crippen molar-refractivity contribution in [2.45, 2.75) is 6.61 Å². The lowest BCUT2D eigenvalue weighted by atomic mass is 10.2. The van der Waals surface area contributed by atoms with Gasteiger partial charge in [0.15, 0.2) is 23.9 Å². The number of rotatable bonds is 8. The first kappa shape index (κ1) is 20.6. The maximum atomic E-state index is 11.6. The van der Waals surface area contributed by atoms with Crippen molar-refractivity contribution in [1.82, 2.24) is 10.1 Å². The van der Waals surface area contributed by atoms with Crippen molar-refractivity contribution in [1.29, 1.82) is 0 Å². The molecule has 0 aliphatic heterocycles. The number of nitro benzene ring substituents is 1. The first-order valence-electron chi connectivity index (χ1n) is 8.51. The highest BCUT2D eigenvalue weighted by atomic mass is 16.6. The van der Waals surface area contributed by atoms with E-state index in [-0.39, 0.29) is 29.6 Å². The molecule has 0 spiro atoms. The van der Waals surface area contributed by atoms with Gasteiger partial charge in [-0.2, -0.15) is 4.98 Å². The molecule has 0 fully saturated rings. The highest BCUT2D eigenvalue weighted by molar-refractivity contribution is 5.90. The number of hydrogen-bond donors (Lipinski definition) is 0. The van der Waals surface area contributed by atoms with Crippen LogP contribution < -0.4 is 14.2 Å². The fourth-order valence-electron chi connectivity index (χ4n) is 2.57. The number of carbonyl (C=O) groups excluding carboxylic acids is 1. The van der Waals surface area contributed by atoms with Crippen LogP contribution in [0.2, 0.25) is 0 Å². The van der Waals surface area contributed by atoms with Crippen LogP contribution in [0.25, 0.3) is 11.4 Å². The van der Waals surface area contributed by atoms with Crippen molar-refractivity contribution >= 4 is 11.7 Å². The van der Waals surface area contributed by atoms with Gasteiger partial charge in [-0.3, -0.25) is 10.1 Å². The Hall–Kier alpha value is -4.15. The average Bonchev–Trinajstić information content (AvgIpc) is 3.25. The van der Waals surface area contributed by atoms with E-state index in [9.17, 15) is 14.9 Å². The molecule has 0 aliphatic rings. The largest absolute Gasteiger partial charge is 0.493 e. The van der Waals surface area contributed by atoms with E-state index in [1.165, 1.54) is 33.5 Å². The van der Waals surface area contributed by atoms with Gasteiger partial charge >= 0.3 is 11.7 Å². The Kier molecular flexibility index (Phi) is 6.11. The van der Waals surface area contributed by atoms with Gasteiger partial charge in [0.05, 0.1) is 31.8 Å². The standard InChI is InChI=1S/C19H17N3O8/c1-26-15-7-4-11(9-16(15)27-2)18-20-17(30-21-18)10-29-14-6-5-12(19(23)28-3)8-13(14)22(24)25/h4-9H,10H2,1-3H3. The highest BCUT2D eigenvalue weighted by Gasteiger charge is 2.20. The van der Waals surface area contributed by atoms with E-state index in [0.717, 1.165) is 6.07 Å². The third kappa shape index (κ3) is 4.29. The minimum absolute atomic E-state index is 0.0325. The lowest BCUT2D eigenvalue weighted by molar-refractivity contribution is -0.386. The molecule has 0 saturated carbocycles. The predicted octanol–water partition coefficient (Wildman–Crippen LogP) is 3.03. The zero-order valence-corrected chi connectivity index (χ0v) is 16.3. The first-order valence-corrected chi connectivity index (χ1v) is 8.51. The molecule has 2 aromatic carbocycles. The quantitative estimate of drug-likeness (QED) is 0.307. The van der Waals surface area contributed by atoms with E-state index in [0.29, 0.717) is 17.1 Å². The molecule has 11 nitrogen and oxygen atoms in total. The van der Waals surface area contributed by atoms with E-state index < -0.39 is 16.6 Å². The van der Waals surface area contributed by atoms with Crippen LogP contribution in [0.5, 0.6) is 17.2 Å². The summed E-state index contributed by atoms with van der Waals surface area (Å²) in [6.07, 6.45) is 0. The molecule has 11 heteroatoms. The molecule has 0 N–H and O–H groups in total. The summed E-state index contributed by atoms with van der Waals surface area (Å²) in [6, 6.07) is 8.85. The number of aromatic nitrogens is 2. The van der Waals surface area contributed by atoms with E-state index in [4.69, 9.17) is 18.7 Å². The van der Waals surface area contributed by atoms with E-state index in [1.54, 1.807) is 18.2 Å². The van der Waals surface area contributed by atoms with Gasteiger partial charge in [-0.25, -0.2) is 4.79 Å². The van der Waals surface area contributed by atoms with Crippen LogP contribution in [0.1, 0.15) is 16.2 Å². The summed E-state index contributed by atoms with van der Waals surface area (Å²) in [4.78, 5) is 26.4. The second-order valence-corrected chi connectivity index (χ2v) is 5.80. The third-order valence-electron chi connectivity index (χ3n) is 4.04. The monoisotopic (exact) mass is 415 g/mol. The summed E-state index contributed by atoms with van der Waals surface area (Å²) in [5.74, 6) is 0.686. The fraction of sp³-hybridized carbons (Fsp3) is 0.211. The van der Waals surface area contributed by atoms with Gasteiger partial charge in [-0.05, 0) is 30.3 Å². The average molecular weight is 415 g/mol. The highest BCUT2D eigenvalue weighted by Crippen LogP contribution is 2.32. The van der Waals surface area contributed by atoms with Crippen LogP contribution in [0.4, 0.5) is 5.69 Å². The first-order chi connectivity index (χ1) is 14.5. The van der Waals surface area contributed by atoms with E-state index in [2.05, 4.69) is 14.9 Å². The maximum Gasteiger partial charge on any atom is 0.338 e. The number of benzene rings is 2. The molecule has 0 amide bonds. The van der Waals surface area contributed by atoms with Crippen LogP contribution in [0.3, 0.4) is 0 Å². The molecule has 3 rings (SSSR count). The molecule has 0 aliphatic carbocycles. The molecule has 1 heterocycles. The molecule has 30 heavy (non-hydrogen) atoms. The summed E-state index contributed by atoms with van der Waals surface area (Å²) in [5.41, 5.74) is 0.263. The smallest absolute Gasteiger partial charge is 0.338 e. The molecular weight excluding hydrogens is 398 g/mol. The van der Waals surface area contributed by atoms with Gasteiger partial charge in [0.25, 0.3) is 5.89 Å². The summed E-state index contributed by atoms with van der Waals surface area (Å²) >= 11 is 0. The number of hydrogen-bond acceptors (Lipinski definition) is 10. The van der Waals surface area contributed by atoms with Crippen LogP contribution in [-0.4, -0.2) is 42.4 Å². The maximum absolute atomic E-state index is 11.6. The number of ether oxygens (including phenoxy) is 4. The van der Waals surface area contributed by atoms with Gasteiger partial charge in [-0.15, -0.1) is 0 Å². The van der Waals surface area contributed by atoms with Gasteiger partial charge in [0, 0.05) is 11.6 Å². The second kappa shape index (κ2) is 8.90. The van der Waals surface area contributed by atoms with Crippen molar-refractivity contribution in [2.75, 3.05) is 21.3 Å². The predicted molar refractivity (Wildman–Crippen MR) is 102 cm³/mol. The number of methoxy groups -OCH3 is 3. The number of nitrogens with zero attached hydrogens (tertiary/aromatic N) is 3. The molecule has 0 atom stereocenters. The molecular formula is C19H17N3O8. The topological polar surface area (TPSA) is 136 Å². The number of nitro groups is 1. The van der Waals surface area contributed by atoms with Gasteiger partial charge in [-0.1, -0.05) is 5.16 Å². The Morgan fingerprint density at radius 2 is 1.80 bits per heavy atom.